The number of hydrogen-bond donors (Lipinski definition) is 1. The van der Waals surface area contributed by atoms with E-state index in [9.17, 15) is 9.59 Å². The van der Waals surface area contributed by atoms with E-state index in [2.05, 4.69) is 9.88 Å². The number of carbonyl (C=O) groups excluding carboxylic acids is 2. The largest absolute Gasteiger partial charge is 0.497 e. The van der Waals surface area contributed by atoms with Gasteiger partial charge >= 0.3 is 6.03 Å². The highest BCUT2D eigenvalue weighted by Crippen LogP contribution is 2.42. The number of para-hydroxylation sites is 3. The maximum Gasteiger partial charge on any atom is 0.322 e. The van der Waals surface area contributed by atoms with Crippen molar-refractivity contribution in [1.29, 1.82) is 0 Å². The van der Waals surface area contributed by atoms with Crippen molar-refractivity contribution in [3.63, 3.8) is 0 Å². The van der Waals surface area contributed by atoms with Gasteiger partial charge in [0.1, 0.15) is 18.3 Å². The van der Waals surface area contributed by atoms with Crippen molar-refractivity contribution in [2.45, 2.75) is 32.9 Å². The van der Waals surface area contributed by atoms with Gasteiger partial charge < -0.3 is 19.5 Å². The van der Waals surface area contributed by atoms with Gasteiger partial charge in [0, 0.05) is 17.9 Å². The molecular weight excluding hydrogens is 476 g/mol. The SMILES string of the molecule is COc1ccc(C2c3cccn3-c3ccccc3N2C(=O)CN(C(=O)Nc2ccccc2C)C(C)C)cc1. The molecule has 1 aromatic heterocycles. The second-order valence-electron chi connectivity index (χ2n) is 9.70. The van der Waals surface area contributed by atoms with E-state index in [-0.39, 0.29) is 30.6 Å². The molecule has 7 heteroatoms. The highest BCUT2D eigenvalue weighted by atomic mass is 16.5. The van der Waals surface area contributed by atoms with Gasteiger partial charge in [0.2, 0.25) is 5.91 Å². The number of methoxy groups -OCH3 is 1. The molecule has 4 aromatic rings. The molecule has 0 fully saturated rings. The number of fused-ring (bicyclic) bond motifs is 3. The molecule has 0 radical (unpaired) electrons. The van der Waals surface area contributed by atoms with Crippen LogP contribution >= 0.6 is 0 Å². The lowest BCUT2D eigenvalue weighted by Gasteiger charge is -2.40. The highest BCUT2D eigenvalue weighted by molar-refractivity contribution is 6.01. The molecule has 38 heavy (non-hydrogen) atoms. The Hall–Kier alpha value is -4.52. The summed E-state index contributed by atoms with van der Waals surface area (Å²) in [5.74, 6) is 0.580. The second kappa shape index (κ2) is 10.5. The minimum Gasteiger partial charge on any atom is -0.497 e. The molecule has 194 valence electrons. The molecule has 3 amide bonds. The van der Waals surface area contributed by atoms with Crippen molar-refractivity contribution in [3.8, 4) is 11.4 Å². The van der Waals surface area contributed by atoms with Gasteiger partial charge in [0.05, 0.1) is 24.2 Å². The van der Waals surface area contributed by atoms with Gasteiger partial charge in [0.15, 0.2) is 0 Å². The van der Waals surface area contributed by atoms with Crippen LogP contribution in [0.25, 0.3) is 5.69 Å². The van der Waals surface area contributed by atoms with Crippen LogP contribution in [0.3, 0.4) is 0 Å². The highest BCUT2D eigenvalue weighted by Gasteiger charge is 2.37. The smallest absolute Gasteiger partial charge is 0.322 e. The Morgan fingerprint density at radius 3 is 2.29 bits per heavy atom. The van der Waals surface area contributed by atoms with Crippen LogP contribution < -0.4 is 15.0 Å². The maximum atomic E-state index is 14.2. The number of amides is 3. The average Bonchev–Trinajstić information content (AvgIpc) is 3.42. The number of anilines is 2. The van der Waals surface area contributed by atoms with E-state index in [1.807, 2.05) is 117 Å². The molecule has 0 spiro atoms. The second-order valence-corrected chi connectivity index (χ2v) is 9.70. The van der Waals surface area contributed by atoms with Crippen LogP contribution in [0.5, 0.6) is 5.75 Å². The van der Waals surface area contributed by atoms with Crippen molar-refractivity contribution in [2.75, 3.05) is 23.9 Å². The van der Waals surface area contributed by atoms with E-state index < -0.39 is 0 Å². The molecule has 0 saturated heterocycles. The van der Waals surface area contributed by atoms with E-state index in [1.54, 1.807) is 12.0 Å². The number of aryl methyl sites for hydroxylation is 1. The third kappa shape index (κ3) is 4.63. The molecule has 1 aliphatic heterocycles. The minimum absolute atomic E-state index is 0.0723. The summed E-state index contributed by atoms with van der Waals surface area (Å²) in [5.41, 5.74) is 5.34. The number of nitrogens with zero attached hydrogens (tertiary/aromatic N) is 3. The van der Waals surface area contributed by atoms with Gasteiger partial charge in [-0.1, -0.05) is 42.5 Å². The van der Waals surface area contributed by atoms with Gasteiger partial charge in [0.25, 0.3) is 0 Å². The van der Waals surface area contributed by atoms with Crippen LogP contribution in [0.1, 0.15) is 36.7 Å². The lowest BCUT2D eigenvalue weighted by molar-refractivity contribution is -0.119. The number of nitrogens with one attached hydrogen (secondary N) is 1. The molecule has 5 rings (SSSR count). The zero-order valence-electron chi connectivity index (χ0n) is 22.1. The Morgan fingerprint density at radius 1 is 0.921 bits per heavy atom. The van der Waals surface area contributed by atoms with Crippen molar-refractivity contribution < 1.29 is 14.3 Å². The van der Waals surface area contributed by atoms with Gasteiger partial charge in [-0.2, -0.15) is 0 Å². The number of hydrogen-bond acceptors (Lipinski definition) is 3. The molecule has 1 N–H and O–H groups in total. The molecule has 0 aliphatic carbocycles. The van der Waals surface area contributed by atoms with Crippen molar-refractivity contribution in [1.82, 2.24) is 9.47 Å². The van der Waals surface area contributed by atoms with E-state index in [1.165, 1.54) is 0 Å². The van der Waals surface area contributed by atoms with Crippen LogP contribution in [0, 0.1) is 6.92 Å². The summed E-state index contributed by atoms with van der Waals surface area (Å²) in [6.07, 6.45) is 2.02. The first-order chi connectivity index (χ1) is 18.4. The summed E-state index contributed by atoms with van der Waals surface area (Å²) in [6, 6.07) is 26.4. The Bertz CT molecular complexity index is 1460. The lowest BCUT2D eigenvalue weighted by atomic mass is 9.97. The third-order valence-corrected chi connectivity index (χ3v) is 7.00. The quantitative estimate of drug-likeness (QED) is 0.339. The van der Waals surface area contributed by atoms with Crippen LogP contribution in [-0.2, 0) is 4.79 Å². The Kier molecular flexibility index (Phi) is 6.92. The van der Waals surface area contributed by atoms with E-state index in [0.717, 1.165) is 39.6 Å². The summed E-state index contributed by atoms with van der Waals surface area (Å²) in [5, 5.41) is 2.98. The summed E-state index contributed by atoms with van der Waals surface area (Å²) >= 11 is 0. The number of carbonyl (C=O) groups is 2. The number of aromatic nitrogens is 1. The number of ether oxygens (including phenoxy) is 1. The Morgan fingerprint density at radius 2 is 1.61 bits per heavy atom. The first kappa shape index (κ1) is 25.1. The average molecular weight is 509 g/mol. The molecule has 2 heterocycles. The summed E-state index contributed by atoms with van der Waals surface area (Å²) < 4.78 is 7.49. The zero-order chi connectivity index (χ0) is 26.8. The molecule has 1 aliphatic rings. The Labute approximate surface area is 223 Å². The molecule has 1 atom stereocenters. The van der Waals surface area contributed by atoms with Gasteiger partial charge in [-0.3, -0.25) is 9.69 Å². The lowest BCUT2D eigenvalue weighted by Crippen LogP contribution is -2.49. The predicted octanol–water partition coefficient (Wildman–Crippen LogP) is 6.17. The summed E-state index contributed by atoms with van der Waals surface area (Å²) in [4.78, 5) is 31.0. The summed E-state index contributed by atoms with van der Waals surface area (Å²) in [6.45, 7) is 5.71. The van der Waals surface area contributed by atoms with Crippen molar-refractivity contribution in [2.24, 2.45) is 0 Å². The standard InChI is InChI=1S/C31H32N4O3/c1-21(2)34(31(37)32-25-11-6-5-10-22(25)3)20-29(36)35-27-13-8-7-12-26(27)33-19-9-14-28(33)30(35)23-15-17-24(38-4)18-16-23/h5-19,21,30H,20H2,1-4H3,(H,32,37). The molecule has 1 unspecified atom stereocenters. The fourth-order valence-electron chi connectivity index (χ4n) is 4.97. The first-order valence-corrected chi connectivity index (χ1v) is 12.7. The van der Waals surface area contributed by atoms with Gasteiger partial charge in [-0.15, -0.1) is 0 Å². The van der Waals surface area contributed by atoms with E-state index in [4.69, 9.17) is 4.74 Å². The molecular formula is C31H32N4O3. The van der Waals surface area contributed by atoms with Gasteiger partial charge in [-0.05, 0) is 74.4 Å². The monoisotopic (exact) mass is 508 g/mol. The molecule has 7 nitrogen and oxygen atoms in total. The molecule has 0 bridgehead atoms. The van der Waals surface area contributed by atoms with Crippen LogP contribution in [0.2, 0.25) is 0 Å². The first-order valence-electron chi connectivity index (χ1n) is 12.7. The number of benzene rings is 3. The van der Waals surface area contributed by atoms with E-state index >= 15 is 0 Å². The third-order valence-electron chi connectivity index (χ3n) is 7.00. The van der Waals surface area contributed by atoms with E-state index in [0.29, 0.717) is 0 Å². The van der Waals surface area contributed by atoms with Crippen molar-refractivity contribution in [3.05, 3.63) is 108 Å². The number of urea groups is 1. The van der Waals surface area contributed by atoms with Crippen LogP contribution in [-0.4, -0.2) is 41.1 Å². The molecule has 3 aromatic carbocycles. The Balaban J connectivity index is 1.52. The van der Waals surface area contributed by atoms with Crippen LogP contribution in [0.15, 0.2) is 91.1 Å². The minimum atomic E-state index is -0.369. The van der Waals surface area contributed by atoms with Crippen LogP contribution in [0.4, 0.5) is 16.2 Å². The summed E-state index contributed by atoms with van der Waals surface area (Å²) in [7, 11) is 1.63. The fraction of sp³-hybridized carbons (Fsp3) is 0.226. The normalized spacial score (nSPS) is 14.0. The van der Waals surface area contributed by atoms with Gasteiger partial charge in [-0.25, -0.2) is 4.79 Å². The molecule has 0 saturated carbocycles. The topological polar surface area (TPSA) is 66.8 Å². The zero-order valence-corrected chi connectivity index (χ0v) is 22.1. The van der Waals surface area contributed by atoms with Crippen molar-refractivity contribution >= 4 is 23.3 Å². The maximum absolute atomic E-state index is 14.2. The number of rotatable bonds is 6. The predicted molar refractivity (Wildman–Crippen MR) is 150 cm³/mol. The fourth-order valence-corrected chi connectivity index (χ4v) is 4.97.